The maximum absolute atomic E-state index is 13.6. The number of nitrogens with one attached hydrogen (secondary N) is 2. The van der Waals surface area contributed by atoms with E-state index in [0.29, 0.717) is 30.2 Å². The number of carboxylic acids is 1. The van der Waals surface area contributed by atoms with E-state index in [1.54, 1.807) is 51.8 Å². The number of aliphatic carboxylic acids is 1. The molecule has 0 bridgehead atoms. The fraction of sp³-hybridized carbons (Fsp3) is 0.269. The second-order valence-corrected chi connectivity index (χ2v) is 10.4. The van der Waals surface area contributed by atoms with Crippen molar-refractivity contribution >= 4 is 40.6 Å². The quantitative estimate of drug-likeness (QED) is 0.290. The summed E-state index contributed by atoms with van der Waals surface area (Å²) in [6, 6.07) is 10.4. The first-order chi connectivity index (χ1) is 17.9. The van der Waals surface area contributed by atoms with Gasteiger partial charge >= 0.3 is 12.0 Å². The van der Waals surface area contributed by atoms with Crippen molar-refractivity contribution in [2.75, 3.05) is 6.79 Å². The molecule has 0 spiro atoms. The highest BCUT2D eigenvalue weighted by molar-refractivity contribution is 7.10. The molecular weight excluding hydrogens is 514 g/mol. The number of hydrogen-bond acceptors (Lipinski definition) is 7. The molecule has 9 nitrogen and oxygen atoms in total. The van der Waals surface area contributed by atoms with Crippen molar-refractivity contribution < 1.29 is 29.0 Å². The number of amides is 3. The Bertz CT molecular complexity index is 1190. The number of rotatable bonds is 12. The largest absolute Gasteiger partial charge is 0.481 e. The van der Waals surface area contributed by atoms with Gasteiger partial charge in [0, 0.05) is 9.75 Å². The van der Waals surface area contributed by atoms with Crippen LogP contribution in [0.2, 0.25) is 0 Å². The Morgan fingerprint density at radius 3 is 2.30 bits per heavy atom. The molecule has 2 atom stereocenters. The predicted octanol–water partition coefficient (Wildman–Crippen LogP) is 4.53. The molecular formula is C26H27N3O6S2. The number of urea groups is 1. The normalized spacial score (nSPS) is 13.4. The van der Waals surface area contributed by atoms with Crippen LogP contribution in [0.4, 0.5) is 4.79 Å². The van der Waals surface area contributed by atoms with E-state index in [0.717, 1.165) is 9.75 Å². The van der Waals surface area contributed by atoms with E-state index in [1.165, 1.54) is 0 Å². The van der Waals surface area contributed by atoms with Gasteiger partial charge in [0.05, 0.1) is 25.6 Å². The topological polar surface area (TPSA) is 117 Å². The Labute approximate surface area is 222 Å². The first-order valence-corrected chi connectivity index (χ1v) is 13.3. The zero-order valence-electron chi connectivity index (χ0n) is 19.9. The molecule has 194 valence electrons. The van der Waals surface area contributed by atoms with Crippen molar-refractivity contribution in [3.8, 4) is 11.5 Å². The van der Waals surface area contributed by atoms with Gasteiger partial charge in [0.2, 0.25) is 12.7 Å². The highest BCUT2D eigenvalue weighted by atomic mass is 32.1. The molecule has 0 radical (unpaired) electrons. The Morgan fingerprint density at radius 2 is 1.70 bits per heavy atom. The highest BCUT2D eigenvalue weighted by Crippen LogP contribution is 2.34. The van der Waals surface area contributed by atoms with Crippen molar-refractivity contribution in [1.82, 2.24) is 15.5 Å². The molecule has 0 fully saturated rings. The number of nitrogens with zero attached hydrogens (tertiary/aromatic N) is 1. The molecule has 11 heteroatoms. The van der Waals surface area contributed by atoms with Crippen LogP contribution in [-0.2, 0) is 22.7 Å². The Balaban J connectivity index is 1.48. The van der Waals surface area contributed by atoms with Gasteiger partial charge in [-0.1, -0.05) is 24.3 Å². The maximum Gasteiger partial charge on any atom is 0.315 e. The first kappa shape index (κ1) is 26.2. The van der Waals surface area contributed by atoms with Crippen molar-refractivity contribution in [3.63, 3.8) is 0 Å². The van der Waals surface area contributed by atoms with Gasteiger partial charge in [-0.25, -0.2) is 4.79 Å². The second kappa shape index (κ2) is 12.4. The lowest BCUT2D eigenvalue weighted by Gasteiger charge is -2.28. The van der Waals surface area contributed by atoms with Crippen LogP contribution in [0.25, 0.3) is 0 Å². The van der Waals surface area contributed by atoms with E-state index in [2.05, 4.69) is 17.2 Å². The van der Waals surface area contributed by atoms with Crippen LogP contribution < -0.4 is 20.1 Å². The minimum absolute atomic E-state index is 0.0785. The third kappa shape index (κ3) is 7.11. The number of carbonyl (C=O) groups is 3. The molecule has 3 heterocycles. The summed E-state index contributed by atoms with van der Waals surface area (Å²) in [6.45, 7) is 4.63. The van der Waals surface area contributed by atoms with Gasteiger partial charge in [-0.15, -0.1) is 29.3 Å². The molecule has 0 saturated heterocycles. The third-order valence-electron chi connectivity index (χ3n) is 5.65. The summed E-state index contributed by atoms with van der Waals surface area (Å²) in [7, 11) is 0. The van der Waals surface area contributed by atoms with E-state index < -0.39 is 24.1 Å². The molecule has 1 aromatic carbocycles. The number of benzene rings is 1. The Hall–Kier alpha value is -3.83. The summed E-state index contributed by atoms with van der Waals surface area (Å²) in [5.41, 5.74) is 0.547. The van der Waals surface area contributed by atoms with Crippen molar-refractivity contribution in [2.24, 2.45) is 0 Å². The summed E-state index contributed by atoms with van der Waals surface area (Å²) in [4.78, 5) is 41.9. The lowest BCUT2D eigenvalue weighted by Crippen LogP contribution is -2.51. The molecule has 0 unspecified atom stereocenters. The Kier molecular flexibility index (Phi) is 8.81. The predicted molar refractivity (Wildman–Crippen MR) is 141 cm³/mol. The average Bonchev–Trinajstić information content (AvgIpc) is 3.65. The van der Waals surface area contributed by atoms with E-state index in [1.807, 2.05) is 35.0 Å². The molecule has 3 aromatic rings. The number of hydrogen-bond donors (Lipinski definition) is 3. The van der Waals surface area contributed by atoms with Crippen molar-refractivity contribution in [1.29, 1.82) is 0 Å². The van der Waals surface area contributed by atoms with Crippen LogP contribution in [0.1, 0.15) is 34.2 Å². The van der Waals surface area contributed by atoms with Crippen LogP contribution in [0.5, 0.6) is 11.5 Å². The zero-order valence-corrected chi connectivity index (χ0v) is 21.6. The fourth-order valence-corrected chi connectivity index (χ4v) is 5.36. The number of carboxylic acid groups (broad SMARTS) is 1. The van der Waals surface area contributed by atoms with Crippen LogP contribution in [0.3, 0.4) is 0 Å². The number of thiophene rings is 2. The minimum atomic E-state index is -1.08. The summed E-state index contributed by atoms with van der Waals surface area (Å²) in [5, 5.41) is 18.8. The Morgan fingerprint density at radius 1 is 1.03 bits per heavy atom. The molecule has 3 amide bonds. The zero-order chi connectivity index (χ0) is 26.2. The van der Waals surface area contributed by atoms with Gasteiger partial charge in [0.15, 0.2) is 11.5 Å². The average molecular weight is 542 g/mol. The number of ether oxygens (including phenoxy) is 2. The van der Waals surface area contributed by atoms with Gasteiger partial charge in [-0.2, -0.15) is 0 Å². The summed E-state index contributed by atoms with van der Waals surface area (Å²) in [5.74, 6) is -0.308. The lowest BCUT2D eigenvalue weighted by molar-refractivity contribution is -0.137. The molecule has 1 aliphatic heterocycles. The van der Waals surface area contributed by atoms with E-state index in [-0.39, 0.29) is 25.5 Å². The summed E-state index contributed by atoms with van der Waals surface area (Å²) in [6.07, 6.45) is 1.44. The molecule has 1 aliphatic rings. The SMILES string of the molecule is C=CC[C@H](NC(=O)N[C@@H](CC(=O)O)c1ccc2c(c1)OCO2)C(=O)N(Cc1cccs1)Cc1cccs1. The summed E-state index contributed by atoms with van der Waals surface area (Å²) < 4.78 is 10.7. The van der Waals surface area contributed by atoms with Crippen molar-refractivity contribution in [3.05, 3.63) is 81.2 Å². The smallest absolute Gasteiger partial charge is 0.315 e. The van der Waals surface area contributed by atoms with Crippen LogP contribution in [-0.4, -0.2) is 40.7 Å². The first-order valence-electron chi connectivity index (χ1n) is 11.6. The second-order valence-electron chi connectivity index (χ2n) is 8.31. The number of carbonyl (C=O) groups excluding carboxylic acids is 2. The van der Waals surface area contributed by atoms with Gasteiger partial charge in [-0.3, -0.25) is 9.59 Å². The molecule has 0 aliphatic carbocycles. The summed E-state index contributed by atoms with van der Waals surface area (Å²) >= 11 is 3.11. The van der Waals surface area contributed by atoms with E-state index in [9.17, 15) is 19.5 Å². The van der Waals surface area contributed by atoms with Gasteiger partial charge in [0.1, 0.15) is 6.04 Å². The van der Waals surface area contributed by atoms with Crippen LogP contribution in [0.15, 0.2) is 65.9 Å². The van der Waals surface area contributed by atoms with E-state index >= 15 is 0 Å². The van der Waals surface area contributed by atoms with Gasteiger partial charge in [-0.05, 0) is 47.0 Å². The van der Waals surface area contributed by atoms with Gasteiger partial charge < -0.3 is 30.1 Å². The maximum atomic E-state index is 13.6. The monoisotopic (exact) mass is 541 g/mol. The van der Waals surface area contributed by atoms with Crippen molar-refractivity contribution in [2.45, 2.75) is 38.0 Å². The molecule has 37 heavy (non-hydrogen) atoms. The third-order valence-corrected chi connectivity index (χ3v) is 7.38. The van der Waals surface area contributed by atoms with Gasteiger partial charge in [0.25, 0.3) is 0 Å². The molecule has 3 N–H and O–H groups in total. The fourth-order valence-electron chi connectivity index (χ4n) is 3.92. The molecule has 0 saturated carbocycles. The minimum Gasteiger partial charge on any atom is -0.481 e. The van der Waals surface area contributed by atoms with E-state index in [4.69, 9.17) is 9.47 Å². The number of fused-ring (bicyclic) bond motifs is 1. The highest BCUT2D eigenvalue weighted by Gasteiger charge is 2.28. The molecule has 2 aromatic heterocycles. The van der Waals surface area contributed by atoms with Crippen LogP contribution >= 0.6 is 22.7 Å². The standard InChI is InChI=1S/C26H27N3O6S2/c1-2-5-20(25(32)29(14-18-6-3-10-36-18)15-19-7-4-11-37-19)27-26(33)28-21(13-24(30)31)17-8-9-22-23(12-17)35-16-34-22/h2-4,6-12,20-21H,1,5,13-16H2,(H,30,31)(H2,27,28,33)/t20-,21-/m0/s1. The van der Waals surface area contributed by atoms with Crippen LogP contribution in [0, 0.1) is 0 Å². The lowest BCUT2D eigenvalue weighted by atomic mass is 10.0. The molecule has 4 rings (SSSR count).